The summed E-state index contributed by atoms with van der Waals surface area (Å²) in [6, 6.07) is 5.81. The average Bonchev–Trinajstić information content (AvgIpc) is 2.50. The Kier molecular flexibility index (Phi) is 5.91. The van der Waals surface area contributed by atoms with Crippen molar-refractivity contribution in [3.05, 3.63) is 35.6 Å². The molecule has 1 atom stereocenters. The van der Waals surface area contributed by atoms with Gasteiger partial charge in [0, 0.05) is 19.7 Å². The van der Waals surface area contributed by atoms with Gasteiger partial charge in [-0.25, -0.2) is 4.39 Å². The molecule has 0 spiro atoms. The zero-order chi connectivity index (χ0) is 16.1. The van der Waals surface area contributed by atoms with E-state index in [2.05, 4.69) is 0 Å². The second kappa shape index (κ2) is 7.70. The number of amides is 1. The molecule has 0 bridgehead atoms. The van der Waals surface area contributed by atoms with E-state index in [-0.39, 0.29) is 23.9 Å². The minimum atomic E-state index is -0.371. The number of halogens is 1. The van der Waals surface area contributed by atoms with E-state index in [0.29, 0.717) is 6.61 Å². The quantitative estimate of drug-likeness (QED) is 0.837. The Morgan fingerprint density at radius 2 is 1.91 bits per heavy atom. The molecule has 1 heterocycles. The van der Waals surface area contributed by atoms with E-state index < -0.39 is 0 Å². The maximum Gasteiger partial charge on any atom is 0.244 e. The van der Waals surface area contributed by atoms with Crippen molar-refractivity contribution in [2.75, 3.05) is 33.8 Å². The van der Waals surface area contributed by atoms with Crippen LogP contribution in [0.2, 0.25) is 0 Å². The Morgan fingerprint density at radius 1 is 1.32 bits per heavy atom. The summed E-state index contributed by atoms with van der Waals surface area (Å²) < 4.78 is 18.7. The van der Waals surface area contributed by atoms with Gasteiger partial charge in [-0.2, -0.15) is 0 Å². The molecule has 0 aliphatic carbocycles. The number of benzene rings is 1. The molecule has 1 amide bonds. The van der Waals surface area contributed by atoms with Crippen molar-refractivity contribution in [3.63, 3.8) is 0 Å². The first-order chi connectivity index (χ1) is 10.5. The second-order valence-electron chi connectivity index (χ2n) is 5.90. The first kappa shape index (κ1) is 16.9. The van der Waals surface area contributed by atoms with Gasteiger partial charge >= 0.3 is 0 Å². The van der Waals surface area contributed by atoms with Gasteiger partial charge < -0.3 is 9.64 Å². The lowest BCUT2D eigenvalue weighted by Crippen LogP contribution is -2.45. The van der Waals surface area contributed by atoms with Crippen molar-refractivity contribution in [3.8, 4) is 0 Å². The molecule has 22 heavy (non-hydrogen) atoms. The van der Waals surface area contributed by atoms with E-state index in [1.54, 1.807) is 12.1 Å². The number of hydrogen-bond acceptors (Lipinski definition) is 3. The maximum absolute atomic E-state index is 13.1. The predicted octanol–water partition coefficient (Wildman–Crippen LogP) is 2.46. The van der Waals surface area contributed by atoms with Gasteiger partial charge in [-0.15, -0.1) is 0 Å². The van der Waals surface area contributed by atoms with E-state index >= 15 is 0 Å². The van der Waals surface area contributed by atoms with Crippen LogP contribution < -0.4 is 0 Å². The average molecular weight is 308 g/mol. The Morgan fingerprint density at radius 3 is 2.41 bits per heavy atom. The lowest BCUT2D eigenvalue weighted by Gasteiger charge is -2.35. The van der Waals surface area contributed by atoms with Crippen LogP contribution >= 0.6 is 0 Å². The minimum Gasteiger partial charge on any atom is -0.378 e. The van der Waals surface area contributed by atoms with Gasteiger partial charge in [-0.3, -0.25) is 9.69 Å². The molecule has 0 N–H and O–H groups in total. The fourth-order valence-corrected chi connectivity index (χ4v) is 2.96. The highest BCUT2D eigenvalue weighted by molar-refractivity contribution is 5.83. The van der Waals surface area contributed by atoms with Crippen LogP contribution in [0.4, 0.5) is 4.39 Å². The van der Waals surface area contributed by atoms with E-state index in [4.69, 9.17) is 4.74 Å². The van der Waals surface area contributed by atoms with Gasteiger partial charge in [0.1, 0.15) is 11.9 Å². The highest BCUT2D eigenvalue weighted by Crippen LogP contribution is 2.24. The number of likely N-dealkylation sites (tertiary alicyclic amines) is 1. The summed E-state index contributed by atoms with van der Waals surface area (Å²) in [5, 5.41) is 0. The molecule has 122 valence electrons. The summed E-state index contributed by atoms with van der Waals surface area (Å²) in [7, 11) is 3.75. The normalized spacial score (nSPS) is 17.8. The standard InChI is InChI=1S/C17H25FN2O2/c1-4-22-15-9-11-20(12-10-15)17(21)16(19(2)3)13-5-7-14(18)8-6-13/h5-8,15-16H,4,9-12H2,1-3H3/t16-/m0/s1. The minimum absolute atomic E-state index is 0.0755. The number of hydrogen-bond donors (Lipinski definition) is 0. The molecule has 0 radical (unpaired) electrons. The number of ether oxygens (including phenoxy) is 1. The summed E-state index contributed by atoms with van der Waals surface area (Å²) in [5.74, 6) is -0.210. The fraction of sp³-hybridized carbons (Fsp3) is 0.588. The third kappa shape index (κ3) is 4.05. The van der Waals surface area contributed by atoms with Crippen LogP contribution in [0.1, 0.15) is 31.4 Å². The molecule has 4 nitrogen and oxygen atoms in total. The summed E-state index contributed by atoms with van der Waals surface area (Å²) in [6.45, 7) is 4.15. The van der Waals surface area contributed by atoms with E-state index in [0.717, 1.165) is 31.5 Å². The first-order valence-electron chi connectivity index (χ1n) is 7.85. The van der Waals surface area contributed by atoms with Gasteiger partial charge in [-0.1, -0.05) is 12.1 Å². The molecule has 5 heteroatoms. The summed E-state index contributed by atoms with van der Waals surface area (Å²) in [5.41, 5.74) is 0.823. The van der Waals surface area contributed by atoms with E-state index in [1.165, 1.54) is 12.1 Å². The molecule has 1 aliphatic rings. The van der Waals surface area contributed by atoms with E-state index in [1.807, 2.05) is 30.8 Å². The number of piperidine rings is 1. The molecular weight excluding hydrogens is 283 g/mol. The van der Waals surface area contributed by atoms with Crippen molar-refractivity contribution in [2.24, 2.45) is 0 Å². The lowest BCUT2D eigenvalue weighted by atomic mass is 10.0. The van der Waals surface area contributed by atoms with Crippen LogP contribution in [0.25, 0.3) is 0 Å². The van der Waals surface area contributed by atoms with Gasteiger partial charge in [0.2, 0.25) is 5.91 Å². The monoisotopic (exact) mass is 308 g/mol. The molecule has 0 aromatic heterocycles. The molecule has 1 saturated heterocycles. The summed E-state index contributed by atoms with van der Waals surface area (Å²) in [6.07, 6.45) is 2.02. The zero-order valence-electron chi connectivity index (χ0n) is 13.6. The molecule has 1 aliphatic heterocycles. The first-order valence-corrected chi connectivity index (χ1v) is 7.85. The highest BCUT2D eigenvalue weighted by Gasteiger charge is 2.30. The Hall–Kier alpha value is -1.46. The number of carbonyl (C=O) groups is 1. The van der Waals surface area contributed by atoms with Crippen molar-refractivity contribution >= 4 is 5.91 Å². The molecule has 0 saturated carbocycles. The van der Waals surface area contributed by atoms with Gasteiger partial charge in [-0.05, 0) is 51.6 Å². The fourth-order valence-electron chi connectivity index (χ4n) is 2.96. The van der Waals surface area contributed by atoms with Crippen LogP contribution in [-0.2, 0) is 9.53 Å². The molecule has 1 fully saturated rings. The number of nitrogens with zero attached hydrogens (tertiary/aromatic N) is 2. The van der Waals surface area contributed by atoms with Crippen LogP contribution in [-0.4, -0.2) is 55.6 Å². The van der Waals surface area contributed by atoms with Gasteiger partial charge in [0.25, 0.3) is 0 Å². The maximum atomic E-state index is 13.1. The van der Waals surface area contributed by atoms with Crippen LogP contribution in [0, 0.1) is 5.82 Å². The van der Waals surface area contributed by atoms with E-state index in [9.17, 15) is 9.18 Å². The number of likely N-dealkylation sites (N-methyl/N-ethyl adjacent to an activating group) is 1. The zero-order valence-corrected chi connectivity index (χ0v) is 13.6. The Labute approximate surface area is 131 Å². The van der Waals surface area contributed by atoms with Gasteiger partial charge in [0.15, 0.2) is 0 Å². The number of rotatable bonds is 5. The van der Waals surface area contributed by atoms with Crippen LogP contribution in [0.3, 0.4) is 0 Å². The molecule has 2 rings (SSSR count). The summed E-state index contributed by atoms with van der Waals surface area (Å²) >= 11 is 0. The molecular formula is C17H25FN2O2. The largest absolute Gasteiger partial charge is 0.378 e. The highest BCUT2D eigenvalue weighted by atomic mass is 19.1. The predicted molar refractivity (Wildman–Crippen MR) is 84.1 cm³/mol. The lowest BCUT2D eigenvalue weighted by molar-refractivity contribution is -0.139. The van der Waals surface area contributed by atoms with Crippen molar-refractivity contribution in [1.82, 2.24) is 9.80 Å². The van der Waals surface area contributed by atoms with Crippen molar-refractivity contribution in [1.29, 1.82) is 0 Å². The van der Waals surface area contributed by atoms with Gasteiger partial charge in [0.05, 0.1) is 6.10 Å². The molecule has 1 aromatic rings. The molecule has 0 unspecified atom stereocenters. The SMILES string of the molecule is CCOC1CCN(C(=O)[C@H](c2ccc(F)cc2)N(C)C)CC1. The summed E-state index contributed by atoms with van der Waals surface area (Å²) in [4.78, 5) is 16.6. The third-order valence-corrected chi connectivity index (χ3v) is 4.09. The van der Waals surface area contributed by atoms with Crippen LogP contribution in [0.15, 0.2) is 24.3 Å². The van der Waals surface area contributed by atoms with Crippen molar-refractivity contribution in [2.45, 2.75) is 31.9 Å². The topological polar surface area (TPSA) is 32.8 Å². The second-order valence-corrected chi connectivity index (χ2v) is 5.90. The van der Waals surface area contributed by atoms with Crippen LogP contribution in [0.5, 0.6) is 0 Å². The smallest absolute Gasteiger partial charge is 0.244 e. The Bertz CT molecular complexity index is 482. The number of carbonyl (C=O) groups excluding carboxylic acids is 1. The Balaban J connectivity index is 2.06. The molecule has 1 aromatic carbocycles. The third-order valence-electron chi connectivity index (χ3n) is 4.09. The van der Waals surface area contributed by atoms with Crippen molar-refractivity contribution < 1.29 is 13.9 Å².